The fraction of sp³-hybridized carbons (Fsp3) is 0.182. The molecule has 2 nitrogen and oxygen atoms in total. The monoisotopic (exact) mass is 205 g/mol. The predicted octanol–water partition coefficient (Wildman–Crippen LogP) is 2.61. The van der Waals surface area contributed by atoms with E-state index >= 15 is 0 Å². The van der Waals surface area contributed by atoms with Crippen LogP contribution in [0.2, 0.25) is 0 Å². The molecule has 3 heteroatoms. The van der Waals surface area contributed by atoms with E-state index in [4.69, 9.17) is 5.11 Å². The summed E-state index contributed by atoms with van der Waals surface area (Å²) in [6.45, 7) is 2.05. The van der Waals surface area contributed by atoms with Crippen LogP contribution in [-0.2, 0) is 6.61 Å². The zero-order valence-corrected chi connectivity index (χ0v) is 8.71. The first-order chi connectivity index (χ1) is 6.81. The summed E-state index contributed by atoms with van der Waals surface area (Å²) < 4.78 is 0. The largest absolute Gasteiger partial charge is 0.389 e. The van der Waals surface area contributed by atoms with Gasteiger partial charge in [0.2, 0.25) is 0 Å². The van der Waals surface area contributed by atoms with Crippen LogP contribution in [0.5, 0.6) is 0 Å². The number of thiazole rings is 1. The predicted molar refractivity (Wildman–Crippen MR) is 58.2 cm³/mol. The lowest BCUT2D eigenvalue weighted by Gasteiger charge is -1.96. The molecule has 0 aliphatic rings. The molecule has 0 aliphatic carbocycles. The normalized spacial score (nSPS) is 10.4. The molecule has 0 saturated carbocycles. The van der Waals surface area contributed by atoms with Crippen LogP contribution in [-0.4, -0.2) is 10.1 Å². The van der Waals surface area contributed by atoms with E-state index in [-0.39, 0.29) is 6.61 Å². The highest BCUT2D eigenvalue weighted by Crippen LogP contribution is 2.26. The van der Waals surface area contributed by atoms with Gasteiger partial charge in [-0.2, -0.15) is 0 Å². The zero-order valence-electron chi connectivity index (χ0n) is 7.90. The number of aryl methyl sites for hydroxylation is 1. The van der Waals surface area contributed by atoms with Crippen molar-refractivity contribution in [2.45, 2.75) is 13.5 Å². The third-order valence-corrected chi connectivity index (χ3v) is 2.98. The second kappa shape index (κ2) is 3.90. The maximum atomic E-state index is 8.97. The number of rotatable bonds is 2. The van der Waals surface area contributed by atoms with E-state index in [0.29, 0.717) is 0 Å². The summed E-state index contributed by atoms with van der Waals surface area (Å²) in [6.07, 6.45) is 0. The van der Waals surface area contributed by atoms with Gasteiger partial charge < -0.3 is 5.11 Å². The van der Waals surface area contributed by atoms with Crippen molar-refractivity contribution >= 4 is 11.3 Å². The van der Waals surface area contributed by atoms with Gasteiger partial charge in [-0.15, -0.1) is 11.3 Å². The van der Waals surface area contributed by atoms with Crippen molar-refractivity contribution in [1.82, 2.24) is 4.98 Å². The molecule has 1 aromatic carbocycles. The molecule has 0 aliphatic heterocycles. The van der Waals surface area contributed by atoms with Gasteiger partial charge in [-0.1, -0.05) is 30.3 Å². The van der Waals surface area contributed by atoms with E-state index in [1.165, 1.54) is 0 Å². The van der Waals surface area contributed by atoms with E-state index in [1.807, 2.05) is 37.3 Å². The topological polar surface area (TPSA) is 33.1 Å². The van der Waals surface area contributed by atoms with Gasteiger partial charge in [-0.05, 0) is 6.92 Å². The lowest BCUT2D eigenvalue weighted by atomic mass is 10.1. The minimum atomic E-state index is 0.0261. The summed E-state index contributed by atoms with van der Waals surface area (Å²) >= 11 is 1.55. The van der Waals surface area contributed by atoms with Crippen molar-refractivity contribution in [2.75, 3.05) is 0 Å². The molecule has 0 bridgehead atoms. The minimum absolute atomic E-state index is 0.0261. The average molecular weight is 205 g/mol. The van der Waals surface area contributed by atoms with Gasteiger partial charge in [0.05, 0.1) is 12.3 Å². The SMILES string of the molecule is Cc1sc(CO)nc1-c1ccccc1. The molecule has 0 fully saturated rings. The molecule has 0 amide bonds. The van der Waals surface area contributed by atoms with Gasteiger partial charge in [0.1, 0.15) is 5.01 Å². The van der Waals surface area contributed by atoms with Crippen molar-refractivity contribution in [2.24, 2.45) is 0 Å². The van der Waals surface area contributed by atoms with Gasteiger partial charge in [0, 0.05) is 10.4 Å². The molecule has 2 rings (SSSR count). The van der Waals surface area contributed by atoms with Crippen LogP contribution in [0, 0.1) is 6.92 Å². The molecule has 0 spiro atoms. The Bertz CT molecular complexity index is 422. The maximum Gasteiger partial charge on any atom is 0.119 e. The van der Waals surface area contributed by atoms with Crippen LogP contribution in [0.4, 0.5) is 0 Å². The Hall–Kier alpha value is -1.19. The number of aliphatic hydroxyl groups excluding tert-OH is 1. The summed E-state index contributed by atoms with van der Waals surface area (Å²) in [5, 5.41) is 9.75. The first-order valence-electron chi connectivity index (χ1n) is 4.44. The summed E-state index contributed by atoms with van der Waals surface area (Å²) in [5.41, 5.74) is 2.10. The van der Waals surface area contributed by atoms with Gasteiger partial charge in [0.25, 0.3) is 0 Å². The molecular weight excluding hydrogens is 194 g/mol. The Morgan fingerprint density at radius 1 is 1.29 bits per heavy atom. The van der Waals surface area contributed by atoms with Crippen molar-refractivity contribution < 1.29 is 5.11 Å². The van der Waals surface area contributed by atoms with E-state index in [1.54, 1.807) is 11.3 Å². The molecule has 72 valence electrons. The van der Waals surface area contributed by atoms with E-state index < -0.39 is 0 Å². The van der Waals surface area contributed by atoms with Gasteiger partial charge >= 0.3 is 0 Å². The first kappa shape index (κ1) is 9.37. The van der Waals surface area contributed by atoms with Gasteiger partial charge in [0.15, 0.2) is 0 Å². The van der Waals surface area contributed by atoms with E-state index in [9.17, 15) is 0 Å². The van der Waals surface area contributed by atoms with Crippen molar-refractivity contribution in [1.29, 1.82) is 0 Å². The van der Waals surface area contributed by atoms with Crippen LogP contribution in [0.3, 0.4) is 0 Å². The standard InChI is InChI=1S/C11H11NOS/c1-8-11(12-10(7-13)14-8)9-5-3-2-4-6-9/h2-6,13H,7H2,1H3. The van der Waals surface area contributed by atoms with Crippen LogP contribution >= 0.6 is 11.3 Å². The van der Waals surface area contributed by atoms with Crippen molar-refractivity contribution in [3.63, 3.8) is 0 Å². The number of benzene rings is 1. The van der Waals surface area contributed by atoms with Crippen molar-refractivity contribution in [3.05, 3.63) is 40.2 Å². The fourth-order valence-electron chi connectivity index (χ4n) is 1.38. The summed E-state index contributed by atoms with van der Waals surface area (Å²) in [4.78, 5) is 5.52. The van der Waals surface area contributed by atoms with Gasteiger partial charge in [-0.3, -0.25) is 0 Å². The molecule has 1 heterocycles. The number of hydrogen-bond acceptors (Lipinski definition) is 3. The second-order valence-corrected chi connectivity index (χ2v) is 4.32. The highest BCUT2D eigenvalue weighted by atomic mass is 32.1. The smallest absolute Gasteiger partial charge is 0.119 e. The number of nitrogens with zero attached hydrogens (tertiary/aromatic N) is 1. The molecule has 0 saturated heterocycles. The zero-order chi connectivity index (χ0) is 9.97. The van der Waals surface area contributed by atoms with Crippen LogP contribution < -0.4 is 0 Å². The maximum absolute atomic E-state index is 8.97. The van der Waals surface area contributed by atoms with E-state index in [0.717, 1.165) is 21.1 Å². The van der Waals surface area contributed by atoms with Crippen LogP contribution in [0.25, 0.3) is 11.3 Å². The molecule has 0 unspecified atom stereocenters. The summed E-state index contributed by atoms with van der Waals surface area (Å²) in [7, 11) is 0. The highest BCUT2D eigenvalue weighted by Gasteiger charge is 2.07. The van der Waals surface area contributed by atoms with Gasteiger partial charge in [-0.25, -0.2) is 4.98 Å². The molecular formula is C11H11NOS. The fourth-order valence-corrected chi connectivity index (χ4v) is 2.20. The van der Waals surface area contributed by atoms with Crippen LogP contribution in [0.15, 0.2) is 30.3 Å². The summed E-state index contributed by atoms with van der Waals surface area (Å²) in [5.74, 6) is 0. The first-order valence-corrected chi connectivity index (χ1v) is 5.25. The third-order valence-electron chi connectivity index (χ3n) is 2.02. The summed E-state index contributed by atoms with van der Waals surface area (Å²) in [6, 6.07) is 10.0. The lowest BCUT2D eigenvalue weighted by Crippen LogP contribution is -1.82. The third kappa shape index (κ3) is 1.69. The second-order valence-electron chi connectivity index (χ2n) is 3.04. The molecule has 14 heavy (non-hydrogen) atoms. The Balaban J connectivity index is 2.46. The molecule has 2 aromatic rings. The Morgan fingerprint density at radius 3 is 2.57 bits per heavy atom. The quantitative estimate of drug-likeness (QED) is 0.817. The number of aliphatic hydroxyl groups is 1. The Labute approximate surface area is 86.9 Å². The highest BCUT2D eigenvalue weighted by molar-refractivity contribution is 7.12. The van der Waals surface area contributed by atoms with Crippen molar-refractivity contribution in [3.8, 4) is 11.3 Å². The van der Waals surface area contributed by atoms with E-state index in [2.05, 4.69) is 4.98 Å². The Kier molecular flexibility index (Phi) is 2.61. The van der Waals surface area contributed by atoms with Crippen LogP contribution in [0.1, 0.15) is 9.88 Å². The lowest BCUT2D eigenvalue weighted by molar-refractivity contribution is 0.281. The molecule has 0 radical (unpaired) electrons. The Morgan fingerprint density at radius 2 is 2.00 bits per heavy atom. The molecule has 1 aromatic heterocycles. The number of aromatic nitrogens is 1. The molecule has 0 atom stereocenters. The number of hydrogen-bond donors (Lipinski definition) is 1. The molecule has 1 N–H and O–H groups in total. The average Bonchev–Trinajstić information content (AvgIpc) is 2.61. The minimum Gasteiger partial charge on any atom is -0.389 e.